The maximum Gasteiger partial charge on any atom is 0.240 e. The normalized spacial score (nSPS) is 20.6. The van der Waals surface area contributed by atoms with Crippen LogP contribution in [0.15, 0.2) is 29.2 Å². The number of hydrogen-bond acceptors (Lipinski definition) is 3. The largest absolute Gasteiger partial charge is 0.303 e. The molecule has 0 saturated carbocycles. The highest BCUT2D eigenvalue weighted by molar-refractivity contribution is 7.89. The maximum absolute atomic E-state index is 12.1. The second kappa shape index (κ2) is 7.58. The molecule has 0 spiro atoms. The van der Waals surface area contributed by atoms with Crippen LogP contribution in [0.4, 0.5) is 0 Å². The third-order valence-corrected chi connectivity index (χ3v) is 5.48. The van der Waals surface area contributed by atoms with Gasteiger partial charge in [-0.05, 0) is 56.5 Å². The van der Waals surface area contributed by atoms with Crippen molar-refractivity contribution >= 4 is 21.6 Å². The Labute approximate surface area is 132 Å². The van der Waals surface area contributed by atoms with E-state index in [-0.39, 0.29) is 4.90 Å². The summed E-state index contributed by atoms with van der Waals surface area (Å²) in [4.78, 5) is 2.64. The lowest BCUT2D eigenvalue weighted by Crippen LogP contribution is -2.36. The predicted octanol–water partition coefficient (Wildman–Crippen LogP) is 2.74. The van der Waals surface area contributed by atoms with E-state index in [2.05, 4.69) is 16.5 Å². The van der Waals surface area contributed by atoms with E-state index in [0.717, 1.165) is 32.0 Å². The van der Waals surface area contributed by atoms with Crippen molar-refractivity contribution in [2.45, 2.75) is 31.1 Å². The van der Waals surface area contributed by atoms with Crippen molar-refractivity contribution in [1.29, 1.82) is 0 Å². The molecule has 0 radical (unpaired) electrons. The number of rotatable bonds is 6. The van der Waals surface area contributed by atoms with Gasteiger partial charge in [0, 0.05) is 18.1 Å². The second-order valence-electron chi connectivity index (χ2n) is 5.76. The molecule has 1 saturated heterocycles. The van der Waals surface area contributed by atoms with Gasteiger partial charge in [0.1, 0.15) is 0 Å². The van der Waals surface area contributed by atoms with Crippen LogP contribution in [0.1, 0.15) is 26.2 Å². The Bertz CT molecular complexity index is 563. The van der Waals surface area contributed by atoms with Crippen LogP contribution in [0, 0.1) is 5.92 Å². The molecule has 2 rings (SSSR count). The molecule has 1 aliphatic rings. The Morgan fingerprint density at radius 2 is 2.24 bits per heavy atom. The Morgan fingerprint density at radius 3 is 2.95 bits per heavy atom. The molecule has 1 N–H and O–H groups in total. The van der Waals surface area contributed by atoms with Crippen molar-refractivity contribution in [2.24, 2.45) is 5.92 Å². The Hall–Kier alpha value is -0.620. The molecule has 0 bridgehead atoms. The summed E-state index contributed by atoms with van der Waals surface area (Å²) in [5.41, 5.74) is 0. The molecule has 0 amide bonds. The van der Waals surface area contributed by atoms with Crippen LogP contribution in [-0.2, 0) is 10.0 Å². The minimum Gasteiger partial charge on any atom is -0.303 e. The number of sulfonamides is 1. The van der Waals surface area contributed by atoms with Crippen LogP contribution in [0.25, 0.3) is 0 Å². The summed E-state index contributed by atoms with van der Waals surface area (Å²) >= 11 is 5.83. The monoisotopic (exact) mass is 330 g/mol. The van der Waals surface area contributed by atoms with Gasteiger partial charge < -0.3 is 4.90 Å². The molecule has 1 fully saturated rings. The molecule has 1 aliphatic heterocycles. The highest BCUT2D eigenvalue weighted by atomic mass is 35.5. The van der Waals surface area contributed by atoms with Gasteiger partial charge >= 0.3 is 0 Å². The first kappa shape index (κ1) is 16.7. The fraction of sp³-hybridized carbons (Fsp3) is 0.600. The smallest absolute Gasteiger partial charge is 0.240 e. The van der Waals surface area contributed by atoms with Gasteiger partial charge in [0.05, 0.1) is 4.90 Å². The number of hydrogen-bond donors (Lipinski definition) is 1. The molecular weight excluding hydrogens is 308 g/mol. The zero-order valence-electron chi connectivity index (χ0n) is 12.4. The molecule has 1 atom stereocenters. The van der Waals surface area contributed by atoms with Gasteiger partial charge in [-0.1, -0.05) is 24.6 Å². The van der Waals surface area contributed by atoms with E-state index in [0.29, 0.717) is 11.6 Å². The van der Waals surface area contributed by atoms with E-state index in [1.807, 2.05) is 0 Å². The lowest BCUT2D eigenvalue weighted by atomic mass is 10.0. The minimum absolute atomic E-state index is 0.224. The Kier molecular flexibility index (Phi) is 6.05. The van der Waals surface area contributed by atoms with Crippen LogP contribution in [0.3, 0.4) is 0 Å². The summed E-state index contributed by atoms with van der Waals surface area (Å²) < 4.78 is 26.8. The summed E-state index contributed by atoms with van der Waals surface area (Å²) in [5, 5.41) is 0.431. The molecule has 1 aromatic rings. The molecule has 0 aliphatic carbocycles. The number of halogens is 1. The SMILES string of the molecule is CC1CCCN(CCCNS(=O)(=O)c2cccc(Cl)c2)C1. The van der Waals surface area contributed by atoms with Crippen LogP contribution >= 0.6 is 11.6 Å². The first-order chi connectivity index (χ1) is 9.97. The lowest BCUT2D eigenvalue weighted by molar-refractivity contribution is 0.182. The van der Waals surface area contributed by atoms with Crippen molar-refractivity contribution in [3.8, 4) is 0 Å². The minimum atomic E-state index is -3.45. The van der Waals surface area contributed by atoms with Gasteiger partial charge in [0.2, 0.25) is 10.0 Å². The van der Waals surface area contributed by atoms with Crippen LogP contribution < -0.4 is 4.72 Å². The topological polar surface area (TPSA) is 49.4 Å². The van der Waals surface area contributed by atoms with E-state index in [9.17, 15) is 8.42 Å². The van der Waals surface area contributed by atoms with Gasteiger partial charge in [-0.2, -0.15) is 0 Å². The molecule has 21 heavy (non-hydrogen) atoms. The summed E-state index contributed by atoms with van der Waals surface area (Å²) in [6.07, 6.45) is 3.37. The number of piperidine rings is 1. The molecule has 0 aromatic heterocycles. The highest BCUT2D eigenvalue weighted by Crippen LogP contribution is 2.16. The summed E-state index contributed by atoms with van der Waals surface area (Å²) in [5.74, 6) is 0.752. The van der Waals surface area contributed by atoms with E-state index >= 15 is 0 Å². The molecule has 1 heterocycles. The lowest BCUT2D eigenvalue weighted by Gasteiger charge is -2.30. The van der Waals surface area contributed by atoms with Crippen molar-refractivity contribution in [1.82, 2.24) is 9.62 Å². The summed E-state index contributed by atoms with van der Waals surface area (Å²) in [6, 6.07) is 6.33. The molecule has 4 nitrogen and oxygen atoms in total. The van der Waals surface area contributed by atoms with Gasteiger partial charge in [0.25, 0.3) is 0 Å². The first-order valence-corrected chi connectivity index (χ1v) is 9.31. The maximum atomic E-state index is 12.1. The zero-order valence-corrected chi connectivity index (χ0v) is 14.0. The number of likely N-dealkylation sites (tertiary alicyclic amines) is 1. The van der Waals surface area contributed by atoms with Crippen molar-refractivity contribution in [3.63, 3.8) is 0 Å². The average Bonchev–Trinajstić information content (AvgIpc) is 2.44. The van der Waals surface area contributed by atoms with Gasteiger partial charge in [-0.3, -0.25) is 0 Å². The molecule has 118 valence electrons. The standard InChI is InChI=1S/C15H23ClN2O2S/c1-13-5-3-9-18(12-13)10-4-8-17-21(19,20)15-7-2-6-14(16)11-15/h2,6-7,11,13,17H,3-5,8-10,12H2,1H3. The molecule has 1 unspecified atom stereocenters. The van der Waals surface area contributed by atoms with Gasteiger partial charge in [0.15, 0.2) is 0 Å². The average molecular weight is 331 g/mol. The third-order valence-electron chi connectivity index (χ3n) is 3.79. The molecular formula is C15H23ClN2O2S. The highest BCUT2D eigenvalue weighted by Gasteiger charge is 2.17. The van der Waals surface area contributed by atoms with Crippen molar-refractivity contribution < 1.29 is 8.42 Å². The van der Waals surface area contributed by atoms with Crippen LogP contribution in [-0.4, -0.2) is 39.5 Å². The third kappa shape index (κ3) is 5.25. The Morgan fingerprint density at radius 1 is 1.43 bits per heavy atom. The zero-order chi connectivity index (χ0) is 15.3. The number of nitrogens with zero attached hydrogens (tertiary/aromatic N) is 1. The Balaban J connectivity index is 1.77. The van der Waals surface area contributed by atoms with E-state index in [4.69, 9.17) is 11.6 Å². The first-order valence-electron chi connectivity index (χ1n) is 7.45. The number of nitrogens with one attached hydrogen (secondary N) is 1. The number of benzene rings is 1. The van der Waals surface area contributed by atoms with E-state index < -0.39 is 10.0 Å². The second-order valence-corrected chi connectivity index (χ2v) is 7.96. The van der Waals surface area contributed by atoms with Gasteiger partial charge in [-0.15, -0.1) is 0 Å². The quantitative estimate of drug-likeness (QED) is 0.816. The fourth-order valence-electron chi connectivity index (χ4n) is 2.72. The summed E-state index contributed by atoms with van der Waals surface area (Å²) in [6.45, 7) is 5.93. The summed E-state index contributed by atoms with van der Waals surface area (Å²) in [7, 11) is -3.45. The van der Waals surface area contributed by atoms with Gasteiger partial charge in [-0.25, -0.2) is 13.1 Å². The predicted molar refractivity (Wildman–Crippen MR) is 86.1 cm³/mol. The van der Waals surface area contributed by atoms with Crippen molar-refractivity contribution in [3.05, 3.63) is 29.3 Å². The fourth-order valence-corrected chi connectivity index (χ4v) is 4.09. The van der Waals surface area contributed by atoms with Crippen molar-refractivity contribution in [2.75, 3.05) is 26.2 Å². The van der Waals surface area contributed by atoms with Crippen LogP contribution in [0.5, 0.6) is 0 Å². The molecule has 6 heteroatoms. The van der Waals surface area contributed by atoms with E-state index in [1.54, 1.807) is 18.2 Å². The van der Waals surface area contributed by atoms with E-state index in [1.165, 1.54) is 18.9 Å². The van der Waals surface area contributed by atoms with Crippen LogP contribution in [0.2, 0.25) is 5.02 Å². The molecule has 1 aromatic carbocycles.